The van der Waals surface area contributed by atoms with E-state index in [4.69, 9.17) is 9.73 Å². The minimum absolute atomic E-state index is 0.183. The molecule has 0 saturated heterocycles. The second-order valence-electron chi connectivity index (χ2n) is 10.9. The molecule has 4 rings (SSSR count). The summed E-state index contributed by atoms with van der Waals surface area (Å²) < 4.78 is 5.78. The molecule has 37 heavy (non-hydrogen) atoms. The van der Waals surface area contributed by atoms with Gasteiger partial charge in [0, 0.05) is 6.42 Å². The zero-order valence-electron chi connectivity index (χ0n) is 22.7. The van der Waals surface area contributed by atoms with Gasteiger partial charge in [0.1, 0.15) is 17.1 Å². The number of hydrogen-bond acceptors (Lipinski definition) is 4. The molecule has 198 valence electrons. The van der Waals surface area contributed by atoms with E-state index in [9.17, 15) is 14.7 Å². The minimum Gasteiger partial charge on any atom is -0.478 e. The van der Waals surface area contributed by atoms with Crippen LogP contribution in [0.4, 0.5) is 0 Å². The van der Waals surface area contributed by atoms with Gasteiger partial charge in [-0.15, -0.1) is 0 Å². The molecular weight excluding hydrogens is 464 g/mol. The second-order valence-corrected chi connectivity index (χ2v) is 10.9. The normalized spacial score (nSPS) is 16.9. The van der Waals surface area contributed by atoms with E-state index in [1.165, 1.54) is 5.56 Å². The van der Waals surface area contributed by atoms with Gasteiger partial charge < -0.3 is 9.84 Å². The van der Waals surface area contributed by atoms with Crippen LogP contribution in [-0.4, -0.2) is 38.9 Å². The third-order valence-corrected chi connectivity index (χ3v) is 7.55. The SMILES string of the molecule is CCCCC1=NC2(CCCC2)C(=O)N1Cc1ccc(-c2cccc(OC(C)(C)C(=O)O)c2)c(CCC)c1. The van der Waals surface area contributed by atoms with Gasteiger partial charge in [-0.25, -0.2) is 4.79 Å². The van der Waals surface area contributed by atoms with Crippen molar-refractivity contribution >= 4 is 17.7 Å². The van der Waals surface area contributed by atoms with E-state index in [-0.39, 0.29) is 5.91 Å². The van der Waals surface area contributed by atoms with Gasteiger partial charge in [-0.05, 0) is 73.9 Å². The fraction of sp³-hybridized carbons (Fsp3) is 0.516. The molecule has 0 aromatic heterocycles. The van der Waals surface area contributed by atoms with Crippen LogP contribution in [0.2, 0.25) is 0 Å². The van der Waals surface area contributed by atoms with Gasteiger partial charge in [-0.1, -0.05) is 69.9 Å². The highest BCUT2D eigenvalue weighted by Crippen LogP contribution is 2.40. The Morgan fingerprint density at radius 3 is 2.51 bits per heavy atom. The van der Waals surface area contributed by atoms with Crippen LogP contribution in [0.3, 0.4) is 0 Å². The number of aryl methyl sites for hydroxylation is 1. The highest BCUT2D eigenvalue weighted by atomic mass is 16.5. The Hall–Kier alpha value is -3.15. The van der Waals surface area contributed by atoms with Crippen molar-refractivity contribution in [1.82, 2.24) is 4.90 Å². The molecule has 1 fully saturated rings. The van der Waals surface area contributed by atoms with E-state index >= 15 is 0 Å². The molecule has 0 unspecified atom stereocenters. The molecule has 6 nitrogen and oxygen atoms in total. The van der Waals surface area contributed by atoms with Crippen molar-refractivity contribution in [2.45, 2.75) is 103 Å². The molecule has 1 aliphatic heterocycles. The van der Waals surface area contributed by atoms with Crippen LogP contribution in [0.25, 0.3) is 11.1 Å². The number of aliphatic imine (C=N–C) groups is 1. The van der Waals surface area contributed by atoms with Gasteiger partial charge in [0.25, 0.3) is 5.91 Å². The summed E-state index contributed by atoms with van der Waals surface area (Å²) in [5.74, 6) is 0.660. The number of carbonyl (C=O) groups is 2. The van der Waals surface area contributed by atoms with Crippen LogP contribution in [0.15, 0.2) is 47.5 Å². The van der Waals surface area contributed by atoms with Crippen LogP contribution in [0.1, 0.15) is 90.2 Å². The zero-order chi connectivity index (χ0) is 26.6. The summed E-state index contributed by atoms with van der Waals surface area (Å²) in [6, 6.07) is 14.1. The summed E-state index contributed by atoms with van der Waals surface area (Å²) in [5, 5.41) is 9.44. The molecule has 1 spiro atoms. The number of nitrogens with zero attached hydrogens (tertiary/aromatic N) is 2. The smallest absolute Gasteiger partial charge is 0.347 e. The first kappa shape index (κ1) is 26.9. The molecule has 6 heteroatoms. The monoisotopic (exact) mass is 504 g/mol. The van der Waals surface area contributed by atoms with Crippen molar-refractivity contribution in [3.63, 3.8) is 0 Å². The third kappa shape index (κ3) is 5.73. The summed E-state index contributed by atoms with van der Waals surface area (Å²) >= 11 is 0. The molecule has 1 heterocycles. The predicted molar refractivity (Wildman–Crippen MR) is 147 cm³/mol. The Balaban J connectivity index is 1.61. The molecular formula is C31H40N2O4. The summed E-state index contributed by atoms with van der Waals surface area (Å²) in [6.45, 7) is 7.98. The first-order valence-corrected chi connectivity index (χ1v) is 13.7. The minimum atomic E-state index is -1.31. The largest absolute Gasteiger partial charge is 0.478 e. The van der Waals surface area contributed by atoms with Crippen molar-refractivity contribution in [2.24, 2.45) is 4.99 Å². The Labute approximate surface area is 220 Å². The number of unbranched alkanes of at least 4 members (excludes halogenated alkanes) is 1. The fourth-order valence-electron chi connectivity index (χ4n) is 5.45. The maximum Gasteiger partial charge on any atom is 0.347 e. The maximum atomic E-state index is 13.6. The zero-order valence-corrected chi connectivity index (χ0v) is 22.7. The number of amides is 1. The van der Waals surface area contributed by atoms with Gasteiger partial charge in [-0.3, -0.25) is 14.7 Å². The lowest BCUT2D eigenvalue weighted by Crippen LogP contribution is -2.40. The third-order valence-electron chi connectivity index (χ3n) is 7.55. The number of rotatable bonds is 11. The maximum absolute atomic E-state index is 13.6. The van der Waals surface area contributed by atoms with E-state index in [0.29, 0.717) is 12.3 Å². The average Bonchev–Trinajstić information content (AvgIpc) is 3.44. The first-order valence-electron chi connectivity index (χ1n) is 13.7. The van der Waals surface area contributed by atoms with Gasteiger partial charge in [0.15, 0.2) is 5.60 Å². The molecule has 0 bridgehead atoms. The van der Waals surface area contributed by atoms with Crippen molar-refractivity contribution in [3.8, 4) is 16.9 Å². The molecule has 2 aromatic carbocycles. The predicted octanol–water partition coefficient (Wildman–Crippen LogP) is 6.79. The van der Waals surface area contributed by atoms with Crippen molar-refractivity contribution < 1.29 is 19.4 Å². The first-order chi connectivity index (χ1) is 17.7. The average molecular weight is 505 g/mol. The molecule has 2 aromatic rings. The van der Waals surface area contributed by atoms with Gasteiger partial charge in [0.05, 0.1) is 6.54 Å². The lowest BCUT2D eigenvalue weighted by molar-refractivity contribution is -0.152. The molecule has 0 radical (unpaired) electrons. The van der Waals surface area contributed by atoms with Gasteiger partial charge >= 0.3 is 5.97 Å². The molecule has 1 amide bonds. The van der Waals surface area contributed by atoms with Crippen LogP contribution < -0.4 is 4.74 Å². The van der Waals surface area contributed by atoms with E-state index in [0.717, 1.165) is 80.3 Å². The Morgan fingerprint density at radius 2 is 1.84 bits per heavy atom. The van der Waals surface area contributed by atoms with Gasteiger partial charge in [0.2, 0.25) is 0 Å². The lowest BCUT2D eigenvalue weighted by Gasteiger charge is -2.23. The number of carboxylic acids is 1. The van der Waals surface area contributed by atoms with Crippen molar-refractivity contribution in [2.75, 3.05) is 0 Å². The number of hydrogen-bond donors (Lipinski definition) is 1. The van der Waals surface area contributed by atoms with Crippen LogP contribution in [0.5, 0.6) is 5.75 Å². The van der Waals surface area contributed by atoms with Crippen molar-refractivity contribution in [1.29, 1.82) is 0 Å². The quantitative estimate of drug-likeness (QED) is 0.365. The van der Waals surface area contributed by atoms with Crippen LogP contribution in [-0.2, 0) is 22.6 Å². The number of ether oxygens (including phenoxy) is 1. The number of carboxylic acid groups (broad SMARTS) is 1. The molecule has 1 aliphatic carbocycles. The summed E-state index contributed by atoms with van der Waals surface area (Å²) in [6.07, 6.45) is 8.76. The number of carbonyl (C=O) groups excluding carboxylic acids is 1. The van der Waals surface area contributed by atoms with E-state index in [2.05, 4.69) is 32.0 Å². The molecule has 1 saturated carbocycles. The van der Waals surface area contributed by atoms with E-state index in [1.54, 1.807) is 19.9 Å². The van der Waals surface area contributed by atoms with Gasteiger partial charge in [-0.2, -0.15) is 0 Å². The molecule has 2 aliphatic rings. The highest BCUT2D eigenvalue weighted by Gasteiger charge is 2.49. The highest BCUT2D eigenvalue weighted by molar-refractivity contribution is 6.08. The number of aliphatic carboxylic acids is 1. The molecule has 1 N–H and O–H groups in total. The topological polar surface area (TPSA) is 79.2 Å². The van der Waals surface area contributed by atoms with E-state index < -0.39 is 17.1 Å². The fourth-order valence-corrected chi connectivity index (χ4v) is 5.45. The number of amidine groups is 1. The van der Waals surface area contributed by atoms with Crippen LogP contribution >= 0.6 is 0 Å². The van der Waals surface area contributed by atoms with Crippen LogP contribution in [0, 0.1) is 0 Å². The van der Waals surface area contributed by atoms with E-state index in [1.807, 2.05) is 23.1 Å². The number of benzene rings is 2. The van der Waals surface area contributed by atoms with Crippen molar-refractivity contribution in [3.05, 3.63) is 53.6 Å². The summed E-state index contributed by atoms with van der Waals surface area (Å²) in [4.78, 5) is 32.1. The summed E-state index contributed by atoms with van der Waals surface area (Å²) in [7, 11) is 0. The Morgan fingerprint density at radius 1 is 1.08 bits per heavy atom. The lowest BCUT2D eigenvalue weighted by atomic mass is 9.94. The molecule has 0 atom stereocenters. The Bertz CT molecular complexity index is 1180. The standard InChI is InChI=1S/C31H40N2O4/c1-5-7-14-27-32-31(17-8-9-18-31)28(34)33(27)21-22-15-16-26(23(19-22)11-6-2)24-12-10-13-25(20-24)37-30(3,4)29(35)36/h10,12-13,15-16,19-20H,5-9,11,14,17-18,21H2,1-4H3,(H,35,36). The summed E-state index contributed by atoms with van der Waals surface area (Å²) in [5.41, 5.74) is 2.58. The Kier molecular flexibility index (Phi) is 8.05. The second kappa shape index (κ2) is 11.1.